The maximum Gasteiger partial charge on any atom is 0.163 e. The molecule has 2 aliphatic carbocycles. The highest BCUT2D eigenvalue weighted by Crippen LogP contribution is 2.39. The third-order valence-corrected chi connectivity index (χ3v) is 3.91. The number of ketones is 2. The van der Waals surface area contributed by atoms with Crippen LogP contribution in [0.4, 0.5) is 0 Å². The molecule has 15 heavy (non-hydrogen) atoms. The van der Waals surface area contributed by atoms with Gasteiger partial charge in [0.1, 0.15) is 0 Å². The molecule has 82 valence electrons. The van der Waals surface area contributed by atoms with Crippen LogP contribution in [0, 0.1) is 11.8 Å². The van der Waals surface area contributed by atoms with Gasteiger partial charge in [-0.1, -0.05) is 19.8 Å². The van der Waals surface area contributed by atoms with Gasteiger partial charge in [-0.05, 0) is 31.8 Å². The van der Waals surface area contributed by atoms with Gasteiger partial charge in [-0.3, -0.25) is 9.59 Å². The summed E-state index contributed by atoms with van der Waals surface area (Å²) in [7, 11) is 0. The third-order valence-electron chi connectivity index (χ3n) is 3.91. The molecule has 0 heterocycles. The lowest BCUT2D eigenvalue weighted by Gasteiger charge is -2.34. The van der Waals surface area contributed by atoms with Crippen LogP contribution in [0.25, 0.3) is 0 Å². The van der Waals surface area contributed by atoms with Crippen molar-refractivity contribution in [3.8, 4) is 0 Å². The van der Waals surface area contributed by atoms with Gasteiger partial charge in [-0.25, -0.2) is 0 Å². The average Bonchev–Trinajstić information content (AvgIpc) is 2.27. The fourth-order valence-electron chi connectivity index (χ4n) is 3.03. The zero-order valence-corrected chi connectivity index (χ0v) is 9.51. The lowest BCUT2D eigenvalue weighted by molar-refractivity contribution is -0.132. The first-order valence-electron chi connectivity index (χ1n) is 5.95. The first-order chi connectivity index (χ1) is 7.16. The van der Waals surface area contributed by atoms with Crippen molar-refractivity contribution >= 4 is 11.6 Å². The van der Waals surface area contributed by atoms with Crippen LogP contribution in [0.1, 0.15) is 46.0 Å². The first-order valence-corrected chi connectivity index (χ1v) is 5.95. The highest BCUT2D eigenvalue weighted by atomic mass is 16.1. The van der Waals surface area contributed by atoms with Gasteiger partial charge in [0.25, 0.3) is 0 Å². The Morgan fingerprint density at radius 3 is 2.13 bits per heavy atom. The minimum atomic E-state index is 0.0153. The maximum absolute atomic E-state index is 12.1. The van der Waals surface area contributed by atoms with E-state index in [0.717, 1.165) is 36.8 Å². The van der Waals surface area contributed by atoms with Gasteiger partial charge >= 0.3 is 0 Å². The minimum absolute atomic E-state index is 0.0153. The summed E-state index contributed by atoms with van der Waals surface area (Å²) in [5.74, 6) is 0.543. The van der Waals surface area contributed by atoms with E-state index < -0.39 is 0 Å². The summed E-state index contributed by atoms with van der Waals surface area (Å²) in [4.78, 5) is 24.2. The molecule has 0 amide bonds. The Hall–Kier alpha value is -0.920. The molecule has 0 N–H and O–H groups in total. The Bertz CT molecular complexity index is 338. The number of Topliss-reactive ketones (excluding diaryl/α,β-unsaturated/α-hetero) is 2. The van der Waals surface area contributed by atoms with Crippen LogP contribution in [0.3, 0.4) is 0 Å². The van der Waals surface area contributed by atoms with Crippen LogP contribution in [-0.4, -0.2) is 11.6 Å². The summed E-state index contributed by atoms with van der Waals surface area (Å²) in [6.45, 7) is 3.79. The Morgan fingerprint density at radius 1 is 1.07 bits per heavy atom. The van der Waals surface area contributed by atoms with Gasteiger partial charge in [0.05, 0.1) is 0 Å². The molecule has 0 aliphatic heterocycles. The van der Waals surface area contributed by atoms with Crippen molar-refractivity contribution in [1.29, 1.82) is 0 Å². The SMILES string of the molecule is CCC1=C(C)C(=O)C2CCCCC2C1=O. The highest BCUT2D eigenvalue weighted by molar-refractivity contribution is 6.13. The average molecular weight is 206 g/mol. The molecule has 0 saturated heterocycles. The predicted molar refractivity (Wildman–Crippen MR) is 58.5 cm³/mol. The van der Waals surface area contributed by atoms with Crippen LogP contribution in [-0.2, 0) is 9.59 Å². The van der Waals surface area contributed by atoms with Crippen LogP contribution in [0.15, 0.2) is 11.1 Å². The molecule has 0 aromatic rings. The molecule has 0 aromatic heterocycles. The summed E-state index contributed by atoms with van der Waals surface area (Å²) < 4.78 is 0. The molecular weight excluding hydrogens is 188 g/mol. The predicted octanol–water partition coefficient (Wildman–Crippen LogP) is 2.67. The van der Waals surface area contributed by atoms with E-state index in [2.05, 4.69) is 0 Å². The normalized spacial score (nSPS) is 31.9. The Kier molecular flexibility index (Phi) is 2.76. The van der Waals surface area contributed by atoms with Gasteiger partial charge in [0.15, 0.2) is 11.6 Å². The number of hydrogen-bond donors (Lipinski definition) is 0. The molecule has 2 unspecified atom stereocenters. The largest absolute Gasteiger partial charge is 0.294 e. The zero-order chi connectivity index (χ0) is 11.0. The van der Waals surface area contributed by atoms with E-state index in [4.69, 9.17) is 0 Å². The molecule has 0 aromatic carbocycles. The molecule has 0 spiro atoms. The number of hydrogen-bond acceptors (Lipinski definition) is 2. The number of rotatable bonds is 1. The van der Waals surface area contributed by atoms with E-state index in [1.54, 1.807) is 0 Å². The summed E-state index contributed by atoms with van der Waals surface area (Å²) >= 11 is 0. The number of allylic oxidation sites excluding steroid dienone is 2. The van der Waals surface area contributed by atoms with Gasteiger partial charge in [0, 0.05) is 17.4 Å². The Balaban J connectivity index is 2.40. The smallest absolute Gasteiger partial charge is 0.163 e. The maximum atomic E-state index is 12.1. The lowest BCUT2D eigenvalue weighted by Crippen LogP contribution is -2.39. The Labute approximate surface area is 90.7 Å². The molecule has 1 fully saturated rings. The fraction of sp³-hybridized carbons (Fsp3) is 0.692. The van der Waals surface area contributed by atoms with Gasteiger partial charge in [-0.15, -0.1) is 0 Å². The summed E-state index contributed by atoms with van der Waals surface area (Å²) in [6, 6.07) is 0. The van der Waals surface area contributed by atoms with Crippen molar-refractivity contribution in [2.75, 3.05) is 0 Å². The highest BCUT2D eigenvalue weighted by Gasteiger charge is 2.41. The second kappa shape index (κ2) is 3.92. The van der Waals surface area contributed by atoms with Crippen molar-refractivity contribution in [2.45, 2.75) is 46.0 Å². The molecule has 2 aliphatic rings. The minimum Gasteiger partial charge on any atom is -0.294 e. The van der Waals surface area contributed by atoms with Crippen LogP contribution >= 0.6 is 0 Å². The topological polar surface area (TPSA) is 34.1 Å². The second-order valence-corrected chi connectivity index (χ2v) is 4.68. The zero-order valence-electron chi connectivity index (χ0n) is 9.51. The van der Waals surface area contributed by atoms with Crippen molar-refractivity contribution in [2.24, 2.45) is 11.8 Å². The van der Waals surface area contributed by atoms with E-state index in [9.17, 15) is 9.59 Å². The van der Waals surface area contributed by atoms with Crippen molar-refractivity contribution in [3.63, 3.8) is 0 Å². The van der Waals surface area contributed by atoms with Crippen LogP contribution < -0.4 is 0 Å². The monoisotopic (exact) mass is 206 g/mol. The fourth-order valence-corrected chi connectivity index (χ4v) is 3.03. The summed E-state index contributed by atoms with van der Waals surface area (Å²) in [6.07, 6.45) is 4.76. The molecule has 2 heteroatoms. The standard InChI is InChI=1S/C13H18O2/c1-3-9-8(2)12(14)10-6-4-5-7-11(10)13(9)15/h10-11H,3-7H2,1-2H3. The third kappa shape index (κ3) is 1.56. The Morgan fingerprint density at radius 2 is 1.60 bits per heavy atom. The number of fused-ring (bicyclic) bond motifs is 1. The molecule has 0 bridgehead atoms. The van der Waals surface area contributed by atoms with Gasteiger partial charge < -0.3 is 0 Å². The number of carbonyl (C=O) groups excluding carboxylic acids is 2. The van der Waals surface area contributed by atoms with E-state index in [1.807, 2.05) is 13.8 Å². The van der Waals surface area contributed by atoms with Crippen LogP contribution in [0.2, 0.25) is 0 Å². The summed E-state index contributed by atoms with van der Waals surface area (Å²) in [5, 5.41) is 0. The second-order valence-electron chi connectivity index (χ2n) is 4.68. The van der Waals surface area contributed by atoms with Crippen LogP contribution in [0.5, 0.6) is 0 Å². The molecule has 2 atom stereocenters. The van der Waals surface area contributed by atoms with E-state index >= 15 is 0 Å². The van der Waals surface area contributed by atoms with Gasteiger partial charge in [0.2, 0.25) is 0 Å². The molecule has 2 nitrogen and oxygen atoms in total. The molecular formula is C13H18O2. The number of carbonyl (C=O) groups is 2. The molecule has 2 rings (SSSR count). The van der Waals surface area contributed by atoms with E-state index in [1.165, 1.54) is 0 Å². The van der Waals surface area contributed by atoms with Crippen molar-refractivity contribution in [1.82, 2.24) is 0 Å². The van der Waals surface area contributed by atoms with Gasteiger partial charge in [-0.2, -0.15) is 0 Å². The first kappa shape index (κ1) is 10.6. The van der Waals surface area contributed by atoms with Crippen molar-refractivity contribution in [3.05, 3.63) is 11.1 Å². The molecule has 1 saturated carbocycles. The van der Waals surface area contributed by atoms with E-state index in [-0.39, 0.29) is 23.4 Å². The lowest BCUT2D eigenvalue weighted by atomic mass is 9.67. The quantitative estimate of drug-likeness (QED) is 0.661. The summed E-state index contributed by atoms with van der Waals surface area (Å²) in [5.41, 5.74) is 1.54. The van der Waals surface area contributed by atoms with E-state index in [0.29, 0.717) is 6.42 Å². The van der Waals surface area contributed by atoms with Crippen molar-refractivity contribution < 1.29 is 9.59 Å². The molecule has 0 radical (unpaired) electrons.